The van der Waals surface area contributed by atoms with E-state index in [-0.39, 0.29) is 17.5 Å². The molecule has 1 aliphatic heterocycles. The quantitative estimate of drug-likeness (QED) is 0.859. The van der Waals surface area contributed by atoms with E-state index < -0.39 is 12.0 Å². The first-order chi connectivity index (χ1) is 8.68. The third-order valence-electron chi connectivity index (χ3n) is 3.98. The van der Waals surface area contributed by atoms with Gasteiger partial charge in [0.05, 0.1) is 0 Å². The number of carboxylic acids is 1. The van der Waals surface area contributed by atoms with Gasteiger partial charge in [0, 0.05) is 11.9 Å². The van der Waals surface area contributed by atoms with Crippen LogP contribution >= 0.6 is 11.5 Å². The van der Waals surface area contributed by atoms with Gasteiger partial charge < -0.3 is 10.0 Å². The second-order valence-corrected chi connectivity index (χ2v) is 5.50. The number of amides is 1. The zero-order valence-electron chi connectivity index (χ0n) is 9.65. The van der Waals surface area contributed by atoms with Gasteiger partial charge >= 0.3 is 5.97 Å². The zero-order valence-corrected chi connectivity index (χ0v) is 10.5. The summed E-state index contributed by atoms with van der Waals surface area (Å²) < 4.78 is 3.65. The summed E-state index contributed by atoms with van der Waals surface area (Å²) in [4.78, 5) is 25.1. The molecule has 1 saturated carbocycles. The smallest absolute Gasteiger partial charge is 0.326 e. The number of aliphatic carboxylic acids is 1. The summed E-state index contributed by atoms with van der Waals surface area (Å²) >= 11 is 1.10. The molecule has 0 bridgehead atoms. The second kappa shape index (κ2) is 4.31. The molecule has 1 amide bonds. The predicted octanol–water partition coefficient (Wildman–Crippen LogP) is 0.863. The average Bonchev–Trinajstić information content (AvgIpc) is 3.03. The topological polar surface area (TPSA) is 83.4 Å². The van der Waals surface area contributed by atoms with E-state index in [1.807, 2.05) is 0 Å². The lowest BCUT2D eigenvalue weighted by atomic mass is 9.94. The van der Waals surface area contributed by atoms with Crippen LogP contribution in [0.1, 0.15) is 29.8 Å². The minimum Gasteiger partial charge on any atom is -0.480 e. The van der Waals surface area contributed by atoms with Crippen molar-refractivity contribution in [1.29, 1.82) is 0 Å². The zero-order chi connectivity index (χ0) is 12.7. The van der Waals surface area contributed by atoms with Crippen molar-refractivity contribution < 1.29 is 14.7 Å². The van der Waals surface area contributed by atoms with Crippen LogP contribution in [-0.4, -0.2) is 44.1 Å². The minimum atomic E-state index is -0.902. The molecule has 3 unspecified atom stereocenters. The third-order valence-corrected chi connectivity index (χ3v) is 4.49. The summed E-state index contributed by atoms with van der Waals surface area (Å²) in [6.07, 6.45) is 2.99. The summed E-state index contributed by atoms with van der Waals surface area (Å²) in [7, 11) is 0. The largest absolute Gasteiger partial charge is 0.480 e. The highest BCUT2D eigenvalue weighted by atomic mass is 32.1. The molecule has 3 rings (SSSR count). The fourth-order valence-electron chi connectivity index (χ4n) is 3.24. The van der Waals surface area contributed by atoms with Crippen molar-refractivity contribution in [3.63, 3.8) is 0 Å². The van der Waals surface area contributed by atoms with Crippen molar-refractivity contribution >= 4 is 23.4 Å². The standard InChI is InChI=1S/C11H13N3O3S/c15-10(8-5-18-13-12-8)14-4-6-2-1-3-7(6)9(14)11(16)17/h5-7,9H,1-4H2,(H,16,17). The molecule has 0 spiro atoms. The van der Waals surface area contributed by atoms with Crippen LogP contribution in [0.4, 0.5) is 0 Å². The van der Waals surface area contributed by atoms with E-state index in [4.69, 9.17) is 0 Å². The molecule has 18 heavy (non-hydrogen) atoms. The number of fused-ring (bicyclic) bond motifs is 1. The van der Waals surface area contributed by atoms with Gasteiger partial charge in [-0.25, -0.2) is 4.79 Å². The van der Waals surface area contributed by atoms with Gasteiger partial charge in [-0.1, -0.05) is 10.9 Å². The van der Waals surface area contributed by atoms with Crippen molar-refractivity contribution in [2.45, 2.75) is 25.3 Å². The Kier molecular flexibility index (Phi) is 2.77. The Morgan fingerprint density at radius 2 is 2.28 bits per heavy atom. The van der Waals surface area contributed by atoms with E-state index >= 15 is 0 Å². The van der Waals surface area contributed by atoms with E-state index in [1.54, 1.807) is 5.38 Å². The van der Waals surface area contributed by atoms with Crippen molar-refractivity contribution in [1.82, 2.24) is 14.5 Å². The van der Waals surface area contributed by atoms with Crippen LogP contribution in [0.3, 0.4) is 0 Å². The van der Waals surface area contributed by atoms with Crippen LogP contribution in [0.25, 0.3) is 0 Å². The Morgan fingerprint density at radius 3 is 2.94 bits per heavy atom. The van der Waals surface area contributed by atoms with Gasteiger partial charge in [-0.3, -0.25) is 4.79 Å². The number of likely N-dealkylation sites (tertiary alicyclic amines) is 1. The Labute approximate surface area is 108 Å². The van der Waals surface area contributed by atoms with E-state index in [1.165, 1.54) is 4.90 Å². The Morgan fingerprint density at radius 1 is 1.44 bits per heavy atom. The Hall–Kier alpha value is -1.50. The van der Waals surface area contributed by atoms with Crippen LogP contribution < -0.4 is 0 Å². The molecule has 2 aliphatic rings. The lowest BCUT2D eigenvalue weighted by Crippen LogP contribution is -2.43. The minimum absolute atomic E-state index is 0.109. The summed E-state index contributed by atoms with van der Waals surface area (Å²) in [5, 5.41) is 14.6. The molecule has 1 saturated heterocycles. The fourth-order valence-corrected chi connectivity index (χ4v) is 3.67. The number of rotatable bonds is 2. The first kappa shape index (κ1) is 11.6. The van der Waals surface area contributed by atoms with Crippen molar-refractivity contribution in [2.24, 2.45) is 11.8 Å². The molecule has 1 aromatic heterocycles. The van der Waals surface area contributed by atoms with Crippen molar-refractivity contribution in [3.8, 4) is 0 Å². The Bertz CT molecular complexity index is 476. The number of carbonyl (C=O) groups excluding carboxylic acids is 1. The van der Waals surface area contributed by atoms with Crippen molar-refractivity contribution in [3.05, 3.63) is 11.1 Å². The molecule has 2 fully saturated rings. The maximum Gasteiger partial charge on any atom is 0.326 e. The molecule has 96 valence electrons. The van der Waals surface area contributed by atoms with Crippen LogP contribution in [0.2, 0.25) is 0 Å². The molecule has 2 heterocycles. The van der Waals surface area contributed by atoms with Gasteiger partial charge in [-0.15, -0.1) is 5.10 Å². The second-order valence-electron chi connectivity index (χ2n) is 4.89. The summed E-state index contributed by atoms with van der Waals surface area (Å²) in [5.41, 5.74) is 0.256. The van der Waals surface area contributed by atoms with Gasteiger partial charge in [0.2, 0.25) is 0 Å². The summed E-state index contributed by atoms with van der Waals surface area (Å²) in [5.74, 6) is -0.758. The third kappa shape index (κ3) is 1.69. The molecule has 1 aromatic rings. The number of carboxylic acid groups (broad SMARTS) is 1. The molecule has 0 radical (unpaired) electrons. The molecule has 3 atom stereocenters. The number of nitrogens with zero attached hydrogens (tertiary/aromatic N) is 3. The van der Waals surface area contributed by atoms with Gasteiger partial charge in [-0.05, 0) is 36.2 Å². The van der Waals surface area contributed by atoms with E-state index in [2.05, 4.69) is 9.59 Å². The van der Waals surface area contributed by atoms with E-state index in [0.29, 0.717) is 12.5 Å². The summed E-state index contributed by atoms with van der Waals surface area (Å²) in [6, 6.07) is -0.688. The first-order valence-electron chi connectivity index (χ1n) is 5.99. The van der Waals surface area contributed by atoms with E-state index in [9.17, 15) is 14.7 Å². The van der Waals surface area contributed by atoms with Crippen LogP contribution in [0, 0.1) is 11.8 Å². The van der Waals surface area contributed by atoms with Gasteiger partial charge in [-0.2, -0.15) is 0 Å². The highest BCUT2D eigenvalue weighted by Crippen LogP contribution is 2.42. The monoisotopic (exact) mass is 267 g/mol. The maximum atomic E-state index is 12.2. The molecule has 7 heteroatoms. The molecule has 1 aliphatic carbocycles. The van der Waals surface area contributed by atoms with E-state index in [0.717, 1.165) is 30.8 Å². The number of carbonyl (C=O) groups is 2. The lowest BCUT2D eigenvalue weighted by Gasteiger charge is -2.23. The predicted molar refractivity (Wildman–Crippen MR) is 63.2 cm³/mol. The average molecular weight is 267 g/mol. The van der Waals surface area contributed by atoms with Gasteiger partial charge in [0.15, 0.2) is 5.69 Å². The SMILES string of the molecule is O=C(O)C1C2CCCC2CN1C(=O)c1csnn1. The summed E-state index contributed by atoms with van der Waals surface area (Å²) in [6.45, 7) is 0.540. The first-order valence-corrected chi connectivity index (χ1v) is 6.83. The molecule has 0 aromatic carbocycles. The van der Waals surface area contributed by atoms with Crippen molar-refractivity contribution in [2.75, 3.05) is 6.54 Å². The maximum absolute atomic E-state index is 12.2. The van der Waals surface area contributed by atoms with Crippen LogP contribution in [0.5, 0.6) is 0 Å². The van der Waals surface area contributed by atoms with Gasteiger partial charge in [0.25, 0.3) is 5.91 Å². The highest BCUT2D eigenvalue weighted by Gasteiger charge is 2.49. The number of hydrogen-bond donors (Lipinski definition) is 1. The molecule has 6 nitrogen and oxygen atoms in total. The molecule has 1 N–H and O–H groups in total. The normalized spacial score (nSPS) is 30.4. The number of aromatic nitrogens is 2. The Balaban J connectivity index is 1.87. The van der Waals surface area contributed by atoms with Crippen LogP contribution in [-0.2, 0) is 4.79 Å². The van der Waals surface area contributed by atoms with Gasteiger partial charge in [0.1, 0.15) is 6.04 Å². The lowest BCUT2D eigenvalue weighted by molar-refractivity contribution is -0.142. The van der Waals surface area contributed by atoms with Crippen LogP contribution in [0.15, 0.2) is 5.38 Å². The number of hydrogen-bond acceptors (Lipinski definition) is 5. The molecular formula is C11H13N3O3S. The molecular weight excluding hydrogens is 254 g/mol. The highest BCUT2D eigenvalue weighted by molar-refractivity contribution is 7.03. The fraction of sp³-hybridized carbons (Fsp3) is 0.636.